The second kappa shape index (κ2) is 6.90. The summed E-state index contributed by atoms with van der Waals surface area (Å²) >= 11 is 0. The highest BCUT2D eigenvalue weighted by molar-refractivity contribution is 5.92. The van der Waals surface area contributed by atoms with E-state index in [1.54, 1.807) is 0 Å². The number of carbonyl (C=O) groups excluding carboxylic acids is 1. The Morgan fingerprint density at radius 3 is 2.38 bits per heavy atom. The van der Waals surface area contributed by atoms with E-state index in [2.05, 4.69) is 5.32 Å². The maximum absolute atomic E-state index is 12.1. The highest BCUT2D eigenvalue weighted by atomic mass is 16.1. The molecule has 0 aliphatic carbocycles. The number of hydrogen-bond acceptors (Lipinski definition) is 3. The lowest BCUT2D eigenvalue weighted by molar-refractivity contribution is -0.115. The third kappa shape index (κ3) is 4.33. The standard InChI is InChI=1S/C17H21N3O/c1-20(2)16-5-3-4-15(11-16)19-17(21)10-13-6-8-14(12-18)9-7-13/h3-9,11H,10,12,18H2,1-2H3,(H,19,21). The topological polar surface area (TPSA) is 58.4 Å². The van der Waals surface area contributed by atoms with Crippen molar-refractivity contribution in [1.82, 2.24) is 0 Å². The van der Waals surface area contributed by atoms with Crippen molar-refractivity contribution >= 4 is 17.3 Å². The molecule has 0 saturated carbocycles. The first-order valence-electron chi connectivity index (χ1n) is 6.93. The van der Waals surface area contributed by atoms with Crippen LogP contribution in [-0.4, -0.2) is 20.0 Å². The van der Waals surface area contributed by atoms with Crippen LogP contribution in [0, 0.1) is 0 Å². The van der Waals surface area contributed by atoms with Gasteiger partial charge in [-0.05, 0) is 29.3 Å². The molecule has 3 N–H and O–H groups in total. The summed E-state index contributed by atoms with van der Waals surface area (Å²) in [4.78, 5) is 14.1. The van der Waals surface area contributed by atoms with Gasteiger partial charge in [0.25, 0.3) is 0 Å². The minimum atomic E-state index is -0.0218. The molecule has 0 saturated heterocycles. The molecule has 0 aromatic heterocycles. The van der Waals surface area contributed by atoms with Crippen LogP contribution < -0.4 is 16.0 Å². The first-order chi connectivity index (χ1) is 10.1. The average molecular weight is 283 g/mol. The molecule has 2 aromatic rings. The Kier molecular flexibility index (Phi) is 4.95. The van der Waals surface area contributed by atoms with E-state index in [4.69, 9.17) is 5.73 Å². The summed E-state index contributed by atoms with van der Waals surface area (Å²) in [5.41, 5.74) is 9.47. The number of anilines is 2. The molecule has 0 atom stereocenters. The fourth-order valence-electron chi connectivity index (χ4n) is 2.05. The van der Waals surface area contributed by atoms with E-state index in [1.807, 2.05) is 67.5 Å². The number of rotatable bonds is 5. The van der Waals surface area contributed by atoms with Gasteiger partial charge < -0.3 is 16.0 Å². The molecule has 4 nitrogen and oxygen atoms in total. The zero-order chi connectivity index (χ0) is 15.2. The Bertz CT molecular complexity index is 606. The fourth-order valence-corrected chi connectivity index (χ4v) is 2.05. The van der Waals surface area contributed by atoms with Crippen molar-refractivity contribution in [3.63, 3.8) is 0 Å². The van der Waals surface area contributed by atoms with Crippen LogP contribution in [0.15, 0.2) is 48.5 Å². The summed E-state index contributed by atoms with van der Waals surface area (Å²) in [6, 6.07) is 15.6. The maximum atomic E-state index is 12.1. The molecule has 0 unspecified atom stereocenters. The summed E-state index contributed by atoms with van der Waals surface area (Å²) < 4.78 is 0. The lowest BCUT2D eigenvalue weighted by Gasteiger charge is -2.14. The molecular weight excluding hydrogens is 262 g/mol. The Morgan fingerprint density at radius 2 is 1.76 bits per heavy atom. The van der Waals surface area contributed by atoms with Gasteiger partial charge >= 0.3 is 0 Å². The van der Waals surface area contributed by atoms with Crippen LogP contribution in [0.3, 0.4) is 0 Å². The Balaban J connectivity index is 1.99. The zero-order valence-corrected chi connectivity index (χ0v) is 12.5. The summed E-state index contributed by atoms with van der Waals surface area (Å²) in [7, 11) is 3.94. The SMILES string of the molecule is CN(C)c1cccc(NC(=O)Cc2ccc(CN)cc2)c1. The summed E-state index contributed by atoms with van der Waals surface area (Å²) in [5, 5.41) is 2.92. The summed E-state index contributed by atoms with van der Waals surface area (Å²) in [5.74, 6) is -0.0218. The number of nitrogens with two attached hydrogens (primary N) is 1. The predicted octanol–water partition coefficient (Wildman–Crippen LogP) is 2.39. The molecule has 0 heterocycles. The van der Waals surface area contributed by atoms with Crippen molar-refractivity contribution in [2.75, 3.05) is 24.3 Å². The van der Waals surface area contributed by atoms with Gasteiger partial charge in [-0.2, -0.15) is 0 Å². The molecule has 0 aliphatic heterocycles. The Labute approximate surface area is 125 Å². The molecule has 1 amide bonds. The lowest BCUT2D eigenvalue weighted by Crippen LogP contribution is -2.15. The molecule has 2 rings (SSSR count). The normalized spacial score (nSPS) is 10.2. The average Bonchev–Trinajstić information content (AvgIpc) is 2.48. The van der Waals surface area contributed by atoms with Gasteiger partial charge in [-0.25, -0.2) is 0 Å². The second-order valence-electron chi connectivity index (χ2n) is 5.19. The number of carbonyl (C=O) groups is 1. The van der Waals surface area contributed by atoms with Crippen LogP contribution in [-0.2, 0) is 17.8 Å². The van der Waals surface area contributed by atoms with Crippen molar-refractivity contribution in [3.8, 4) is 0 Å². The van der Waals surface area contributed by atoms with E-state index in [1.165, 1.54) is 0 Å². The van der Waals surface area contributed by atoms with Crippen LogP contribution in [0.5, 0.6) is 0 Å². The van der Waals surface area contributed by atoms with Crippen molar-refractivity contribution in [2.24, 2.45) is 5.73 Å². The van der Waals surface area contributed by atoms with E-state index in [9.17, 15) is 4.79 Å². The van der Waals surface area contributed by atoms with Crippen molar-refractivity contribution in [2.45, 2.75) is 13.0 Å². The minimum Gasteiger partial charge on any atom is -0.378 e. The molecule has 0 fully saturated rings. The number of amides is 1. The monoisotopic (exact) mass is 283 g/mol. The molecular formula is C17H21N3O. The van der Waals surface area contributed by atoms with Gasteiger partial charge in [-0.1, -0.05) is 30.3 Å². The Morgan fingerprint density at radius 1 is 1.10 bits per heavy atom. The zero-order valence-electron chi connectivity index (χ0n) is 12.5. The molecule has 0 aliphatic rings. The van der Waals surface area contributed by atoms with E-state index < -0.39 is 0 Å². The third-order valence-electron chi connectivity index (χ3n) is 3.27. The van der Waals surface area contributed by atoms with Gasteiger partial charge in [-0.3, -0.25) is 4.79 Å². The van der Waals surface area contributed by atoms with Crippen LogP contribution >= 0.6 is 0 Å². The van der Waals surface area contributed by atoms with Crippen LogP contribution in [0.4, 0.5) is 11.4 Å². The lowest BCUT2D eigenvalue weighted by atomic mass is 10.1. The van der Waals surface area contributed by atoms with E-state index in [0.717, 1.165) is 22.5 Å². The van der Waals surface area contributed by atoms with Gasteiger partial charge in [0.1, 0.15) is 0 Å². The third-order valence-corrected chi connectivity index (χ3v) is 3.27. The van der Waals surface area contributed by atoms with Crippen molar-refractivity contribution in [3.05, 3.63) is 59.7 Å². The molecule has 2 aromatic carbocycles. The van der Waals surface area contributed by atoms with Crippen LogP contribution in [0.1, 0.15) is 11.1 Å². The van der Waals surface area contributed by atoms with Gasteiger partial charge in [-0.15, -0.1) is 0 Å². The summed E-state index contributed by atoms with van der Waals surface area (Å²) in [6.07, 6.45) is 0.358. The molecule has 0 spiro atoms. The highest BCUT2D eigenvalue weighted by Gasteiger charge is 2.05. The van der Waals surface area contributed by atoms with Crippen LogP contribution in [0.25, 0.3) is 0 Å². The first kappa shape index (κ1) is 15.1. The maximum Gasteiger partial charge on any atom is 0.228 e. The molecule has 0 bridgehead atoms. The number of hydrogen-bond donors (Lipinski definition) is 2. The molecule has 0 radical (unpaired) electrons. The van der Waals surface area contributed by atoms with Gasteiger partial charge in [0.2, 0.25) is 5.91 Å². The first-order valence-corrected chi connectivity index (χ1v) is 6.93. The van der Waals surface area contributed by atoms with Crippen LogP contribution in [0.2, 0.25) is 0 Å². The van der Waals surface area contributed by atoms with Crippen molar-refractivity contribution in [1.29, 1.82) is 0 Å². The highest BCUT2D eigenvalue weighted by Crippen LogP contribution is 2.17. The molecule has 110 valence electrons. The van der Waals surface area contributed by atoms with Crippen molar-refractivity contribution < 1.29 is 4.79 Å². The van der Waals surface area contributed by atoms with E-state index in [0.29, 0.717) is 13.0 Å². The molecule has 4 heteroatoms. The number of benzene rings is 2. The predicted molar refractivity (Wildman–Crippen MR) is 87.4 cm³/mol. The Hall–Kier alpha value is -2.33. The second-order valence-corrected chi connectivity index (χ2v) is 5.19. The fraction of sp³-hybridized carbons (Fsp3) is 0.235. The summed E-state index contributed by atoms with van der Waals surface area (Å²) in [6.45, 7) is 0.518. The quantitative estimate of drug-likeness (QED) is 0.886. The van der Waals surface area contributed by atoms with E-state index >= 15 is 0 Å². The van der Waals surface area contributed by atoms with Gasteiger partial charge in [0.05, 0.1) is 6.42 Å². The largest absolute Gasteiger partial charge is 0.378 e. The van der Waals surface area contributed by atoms with Gasteiger partial charge in [0, 0.05) is 32.0 Å². The number of nitrogens with one attached hydrogen (secondary N) is 1. The number of nitrogens with zero attached hydrogens (tertiary/aromatic N) is 1. The molecule has 21 heavy (non-hydrogen) atoms. The van der Waals surface area contributed by atoms with E-state index in [-0.39, 0.29) is 5.91 Å². The van der Waals surface area contributed by atoms with Gasteiger partial charge in [0.15, 0.2) is 0 Å². The smallest absolute Gasteiger partial charge is 0.228 e. The minimum absolute atomic E-state index is 0.0218.